The Bertz CT molecular complexity index is 35.0. The molecule has 0 unspecified atom stereocenters. The predicted molar refractivity (Wildman–Crippen MR) is 27.5 cm³/mol. The Hall–Kier alpha value is -0.610. The number of hydrogen-bond acceptors (Lipinski definition) is 3. The summed E-state index contributed by atoms with van der Waals surface area (Å²) in [6.45, 7) is -0.0625. The fraction of sp³-hybridized carbons (Fsp3) is 0.750. The Morgan fingerprint density at radius 2 is 1.50 bits per heavy atom. The van der Waals surface area contributed by atoms with E-state index in [1.165, 1.54) is 0 Å². The van der Waals surface area contributed by atoms with Crippen molar-refractivity contribution in [3.05, 3.63) is 0 Å². The van der Waals surface area contributed by atoms with Crippen LogP contribution in [0.1, 0.15) is 6.42 Å². The maximum absolute atomic E-state index is 8.36. The van der Waals surface area contributed by atoms with Crippen molar-refractivity contribution in [3.63, 3.8) is 0 Å². The van der Waals surface area contributed by atoms with E-state index in [4.69, 9.17) is 20.1 Å². The van der Waals surface area contributed by atoms with E-state index in [9.17, 15) is 0 Å². The molecule has 0 aliphatic carbocycles. The first-order valence-corrected chi connectivity index (χ1v) is 2.13. The largest absolute Gasteiger partial charge is 0.483 e. The van der Waals surface area contributed by atoms with Crippen LogP contribution < -0.4 is 0 Å². The number of hydrogen-bond donors (Lipinski definition) is 3. The van der Waals surface area contributed by atoms with Crippen molar-refractivity contribution in [3.8, 4) is 0 Å². The monoisotopic (exact) mass is 122 g/mol. The fourth-order valence-corrected chi connectivity index (χ4v) is 0.0707. The number of rotatable bonds is 2. The number of aliphatic hydroxyl groups excluding tert-OH is 2. The van der Waals surface area contributed by atoms with Crippen molar-refractivity contribution in [2.75, 3.05) is 13.2 Å². The second-order valence-corrected chi connectivity index (χ2v) is 0.906. The fourth-order valence-electron chi connectivity index (χ4n) is 0.0707. The lowest BCUT2D eigenvalue weighted by atomic mass is 10.5. The molecular formula is C4H10O4. The van der Waals surface area contributed by atoms with Gasteiger partial charge in [0.05, 0.1) is 0 Å². The highest BCUT2D eigenvalue weighted by Crippen LogP contribution is 1.65. The van der Waals surface area contributed by atoms with Crippen molar-refractivity contribution in [2.24, 2.45) is 0 Å². The number of carbonyl (C=O) groups is 1. The average molecular weight is 122 g/mol. The summed E-state index contributed by atoms with van der Waals surface area (Å²) >= 11 is 0. The number of aliphatic hydroxyl groups is 2. The zero-order valence-corrected chi connectivity index (χ0v) is 4.45. The van der Waals surface area contributed by atoms with Gasteiger partial charge in [-0.2, -0.15) is 0 Å². The Morgan fingerprint density at radius 1 is 1.25 bits per heavy atom. The van der Waals surface area contributed by atoms with Crippen LogP contribution in [0.3, 0.4) is 0 Å². The minimum absolute atomic E-state index is 0.0938. The summed E-state index contributed by atoms with van der Waals surface area (Å²) in [4.78, 5) is 8.36. The van der Waals surface area contributed by atoms with Crippen molar-refractivity contribution in [2.45, 2.75) is 6.42 Å². The molecule has 0 saturated heterocycles. The van der Waals surface area contributed by atoms with Crippen LogP contribution in [0.25, 0.3) is 0 Å². The molecule has 0 aliphatic heterocycles. The van der Waals surface area contributed by atoms with Crippen LogP contribution in [0.4, 0.5) is 0 Å². The summed E-state index contributed by atoms with van der Waals surface area (Å²) in [7, 11) is 0. The highest BCUT2D eigenvalue weighted by atomic mass is 16.3. The predicted octanol–water partition coefficient (Wildman–Crippen LogP) is -0.938. The third-order valence-corrected chi connectivity index (χ3v) is 0.316. The van der Waals surface area contributed by atoms with Gasteiger partial charge in [-0.15, -0.1) is 0 Å². The van der Waals surface area contributed by atoms with Crippen molar-refractivity contribution in [1.82, 2.24) is 0 Å². The zero-order valence-electron chi connectivity index (χ0n) is 4.45. The van der Waals surface area contributed by atoms with Gasteiger partial charge in [0.1, 0.15) is 0 Å². The molecule has 0 aromatic rings. The molecule has 0 saturated carbocycles. The molecular weight excluding hydrogens is 112 g/mol. The Labute approximate surface area is 47.4 Å². The van der Waals surface area contributed by atoms with E-state index in [2.05, 4.69) is 0 Å². The van der Waals surface area contributed by atoms with Gasteiger partial charge in [-0.1, -0.05) is 0 Å². The van der Waals surface area contributed by atoms with Crippen LogP contribution in [0.15, 0.2) is 0 Å². The van der Waals surface area contributed by atoms with E-state index >= 15 is 0 Å². The SMILES string of the molecule is O=CO.OCCCO. The van der Waals surface area contributed by atoms with Gasteiger partial charge in [0.15, 0.2) is 0 Å². The first-order valence-electron chi connectivity index (χ1n) is 2.13. The molecule has 3 N–H and O–H groups in total. The molecule has 50 valence electrons. The summed E-state index contributed by atoms with van der Waals surface area (Å²) in [6.07, 6.45) is 0.500. The second kappa shape index (κ2) is 16.2. The van der Waals surface area contributed by atoms with Gasteiger partial charge in [0, 0.05) is 13.2 Å². The average Bonchev–Trinajstić information content (AvgIpc) is 1.71. The lowest BCUT2D eigenvalue weighted by molar-refractivity contribution is -0.122. The molecule has 0 amide bonds. The van der Waals surface area contributed by atoms with Gasteiger partial charge in [-0.3, -0.25) is 4.79 Å². The minimum atomic E-state index is -0.250. The standard InChI is InChI=1S/C3H8O2.CH2O2/c4-2-1-3-5;2-1-3/h4-5H,1-3H2;1H,(H,2,3). The Balaban J connectivity index is 0. The van der Waals surface area contributed by atoms with Crippen LogP contribution in [0.2, 0.25) is 0 Å². The third-order valence-electron chi connectivity index (χ3n) is 0.316. The molecule has 0 bridgehead atoms. The summed E-state index contributed by atoms with van der Waals surface area (Å²) in [6, 6.07) is 0. The van der Waals surface area contributed by atoms with Crippen molar-refractivity contribution >= 4 is 6.47 Å². The van der Waals surface area contributed by atoms with E-state index in [1.54, 1.807) is 0 Å². The van der Waals surface area contributed by atoms with Gasteiger partial charge < -0.3 is 15.3 Å². The first-order chi connectivity index (χ1) is 3.83. The summed E-state index contributed by atoms with van der Waals surface area (Å²) < 4.78 is 0. The highest BCUT2D eigenvalue weighted by Gasteiger charge is 1.70. The van der Waals surface area contributed by atoms with Gasteiger partial charge in [-0.25, -0.2) is 0 Å². The summed E-state index contributed by atoms with van der Waals surface area (Å²) in [5.41, 5.74) is 0. The van der Waals surface area contributed by atoms with Crippen molar-refractivity contribution < 1.29 is 20.1 Å². The van der Waals surface area contributed by atoms with Crippen LogP contribution >= 0.6 is 0 Å². The van der Waals surface area contributed by atoms with Gasteiger partial charge in [0.2, 0.25) is 0 Å². The molecule has 0 heterocycles. The van der Waals surface area contributed by atoms with Crippen molar-refractivity contribution in [1.29, 1.82) is 0 Å². The Kier molecular flexibility index (Phi) is 21.0. The van der Waals surface area contributed by atoms with E-state index < -0.39 is 0 Å². The molecule has 0 rings (SSSR count). The zero-order chi connectivity index (χ0) is 6.83. The molecule has 4 heteroatoms. The quantitative estimate of drug-likeness (QED) is 0.413. The van der Waals surface area contributed by atoms with E-state index in [0.717, 1.165) is 0 Å². The Morgan fingerprint density at radius 3 is 1.50 bits per heavy atom. The smallest absolute Gasteiger partial charge is 0.290 e. The maximum atomic E-state index is 8.36. The van der Waals surface area contributed by atoms with Crippen LogP contribution in [-0.2, 0) is 4.79 Å². The molecule has 0 fully saturated rings. The van der Waals surface area contributed by atoms with E-state index in [-0.39, 0.29) is 19.7 Å². The normalized spacial score (nSPS) is 6.75. The lowest BCUT2D eigenvalue weighted by Crippen LogP contribution is -1.85. The molecule has 0 atom stereocenters. The van der Waals surface area contributed by atoms with Gasteiger partial charge in [0.25, 0.3) is 6.47 Å². The van der Waals surface area contributed by atoms with Crippen LogP contribution in [-0.4, -0.2) is 35.0 Å². The van der Waals surface area contributed by atoms with Gasteiger partial charge in [-0.05, 0) is 6.42 Å². The van der Waals surface area contributed by atoms with Gasteiger partial charge >= 0.3 is 0 Å². The molecule has 0 aromatic heterocycles. The van der Waals surface area contributed by atoms with E-state index in [1.807, 2.05) is 0 Å². The summed E-state index contributed by atoms with van der Waals surface area (Å²) in [5, 5.41) is 22.7. The molecule has 0 aliphatic rings. The maximum Gasteiger partial charge on any atom is 0.290 e. The molecule has 4 nitrogen and oxygen atoms in total. The minimum Gasteiger partial charge on any atom is -0.483 e. The van der Waals surface area contributed by atoms with E-state index in [0.29, 0.717) is 6.42 Å². The molecule has 0 radical (unpaired) electrons. The second-order valence-electron chi connectivity index (χ2n) is 0.906. The van der Waals surface area contributed by atoms with Crippen LogP contribution in [0.5, 0.6) is 0 Å². The van der Waals surface area contributed by atoms with Crippen LogP contribution in [0, 0.1) is 0 Å². The number of carboxylic acid groups (broad SMARTS) is 1. The summed E-state index contributed by atoms with van der Waals surface area (Å²) in [5.74, 6) is 0. The first kappa shape index (κ1) is 10.4. The topological polar surface area (TPSA) is 77.8 Å². The lowest BCUT2D eigenvalue weighted by Gasteiger charge is -1.79. The molecule has 0 aromatic carbocycles. The molecule has 0 spiro atoms. The highest BCUT2D eigenvalue weighted by molar-refractivity contribution is 5.32. The third kappa shape index (κ3) is 53.8. The molecule has 8 heavy (non-hydrogen) atoms.